The minimum absolute atomic E-state index is 0.0299. The Morgan fingerprint density at radius 3 is 1.87 bits per heavy atom. The highest BCUT2D eigenvalue weighted by molar-refractivity contribution is 6.01. The summed E-state index contributed by atoms with van der Waals surface area (Å²) in [6.07, 6.45) is -1.77. The standard InChI is InChI=1S/C76H119F5N12O13/c1-13-21-56-66(97)83-55(36-45(3)4)69(100)92(50-30-31-50)44-63(96)88(10)57-24-16-15-19-35-91(72(57)103)60(39-47-27-25-46(5)26-28-47)71(102)86(8)43-61(94)82-54(32-29-48-37-52(77)64(53(78)38-48)76(79,80)81)68(99)93-42-51(106-14-2)40-58(93)67(98)84-75(33-20-34-75)74(105)90(12)65(49-22-17-18-23-49)73(104)89(11)59(70(101)85(6)7)41-62(95)87(56)9/h15-16,45-60,64-65H,13-14,17-44H2,1-12H3,(H,82,94)(H,83,97)(H,84,98)/b16-15-/t46?,47?,48?,51-,52?,53?,54+,55+,56+,57+,58+,59+,60+,64?,65+/m1/s1. The van der Waals surface area contributed by atoms with Crippen molar-refractivity contribution in [3.8, 4) is 0 Å². The monoisotopic (exact) mass is 1500 g/mol. The number of rotatable bonds is 14. The first-order valence-corrected chi connectivity index (χ1v) is 39.0. The Labute approximate surface area is 622 Å². The van der Waals surface area contributed by atoms with Gasteiger partial charge in [-0.2, -0.15) is 13.2 Å². The van der Waals surface area contributed by atoms with E-state index in [4.69, 9.17) is 4.74 Å². The molecule has 0 radical (unpaired) electrons. The number of fused-ring (bicyclic) bond motifs is 3. The molecule has 25 nitrogen and oxygen atoms in total. The number of nitrogens with zero attached hydrogens (tertiary/aromatic N) is 9. The molecule has 3 aliphatic heterocycles. The molecule has 3 heterocycles. The number of alkyl halides is 5. The largest absolute Gasteiger partial charge is 0.397 e. The molecule has 1 spiro atoms. The highest BCUT2D eigenvalue weighted by Gasteiger charge is 2.56. The fraction of sp³-hybridized carbons (Fsp3) is 0.816. The lowest BCUT2D eigenvalue weighted by Gasteiger charge is -2.46. The molecule has 2 bridgehead atoms. The predicted molar refractivity (Wildman–Crippen MR) is 383 cm³/mol. The first-order chi connectivity index (χ1) is 50.0. The van der Waals surface area contributed by atoms with Gasteiger partial charge in [-0.05, 0) is 139 Å². The van der Waals surface area contributed by atoms with E-state index in [-0.39, 0.29) is 89.3 Å². The highest BCUT2D eigenvalue weighted by Crippen LogP contribution is 2.45. The Morgan fingerprint density at radius 1 is 0.651 bits per heavy atom. The van der Waals surface area contributed by atoms with E-state index in [0.29, 0.717) is 63.7 Å². The number of hydrogen-bond acceptors (Lipinski definition) is 13. The zero-order valence-electron chi connectivity index (χ0n) is 64.5. The summed E-state index contributed by atoms with van der Waals surface area (Å²) in [4.78, 5) is 193. The van der Waals surface area contributed by atoms with Crippen LogP contribution in [-0.4, -0.2) is 282 Å². The Morgan fingerprint density at radius 2 is 1.29 bits per heavy atom. The molecule has 106 heavy (non-hydrogen) atoms. The van der Waals surface area contributed by atoms with Gasteiger partial charge >= 0.3 is 6.18 Å². The van der Waals surface area contributed by atoms with Gasteiger partial charge in [-0.15, -0.1) is 0 Å². The number of ether oxygens (including phenoxy) is 1. The van der Waals surface area contributed by atoms with Crippen molar-refractivity contribution in [1.82, 2.24) is 60.0 Å². The molecule has 0 aromatic carbocycles. The summed E-state index contributed by atoms with van der Waals surface area (Å²) in [5, 5.41) is 8.65. The van der Waals surface area contributed by atoms with Gasteiger partial charge in [-0.3, -0.25) is 57.5 Å². The van der Waals surface area contributed by atoms with Crippen molar-refractivity contribution in [1.29, 1.82) is 0 Å². The molecule has 11 atom stereocenters. The van der Waals surface area contributed by atoms with Crippen LogP contribution in [0, 0.1) is 35.5 Å². The van der Waals surface area contributed by atoms with Crippen LogP contribution in [0.15, 0.2) is 12.2 Å². The van der Waals surface area contributed by atoms with Crippen LogP contribution in [0.4, 0.5) is 22.0 Å². The molecule has 2 saturated heterocycles. The van der Waals surface area contributed by atoms with Crippen LogP contribution in [0.5, 0.6) is 0 Å². The zero-order valence-corrected chi connectivity index (χ0v) is 64.5. The Kier molecular flexibility index (Phi) is 29.5. The second kappa shape index (κ2) is 36.9. The van der Waals surface area contributed by atoms with E-state index >= 15 is 42.3 Å². The minimum atomic E-state index is -5.17. The van der Waals surface area contributed by atoms with E-state index in [0.717, 1.165) is 35.5 Å². The van der Waals surface area contributed by atoms with Crippen LogP contribution < -0.4 is 16.0 Å². The van der Waals surface area contributed by atoms with E-state index < -0.39 is 206 Å². The summed E-state index contributed by atoms with van der Waals surface area (Å²) in [5.41, 5.74) is -1.64. The van der Waals surface area contributed by atoms with Crippen LogP contribution >= 0.6 is 0 Å². The topological polar surface area (TPSA) is 279 Å². The van der Waals surface area contributed by atoms with Crippen LogP contribution in [0.3, 0.4) is 0 Å². The maximum Gasteiger partial charge on any atom is 0.397 e. The van der Waals surface area contributed by atoms with Gasteiger partial charge in [0.25, 0.3) is 0 Å². The first kappa shape index (κ1) is 84.6. The van der Waals surface area contributed by atoms with Gasteiger partial charge in [0.2, 0.25) is 70.9 Å². The summed E-state index contributed by atoms with van der Waals surface area (Å²) >= 11 is 0. The smallest absolute Gasteiger partial charge is 0.377 e. The number of carbonyl (C=O) groups is 12. The summed E-state index contributed by atoms with van der Waals surface area (Å²) in [6.45, 7) is 8.14. The zero-order chi connectivity index (χ0) is 78.0. The molecule has 8 aliphatic rings. The van der Waals surface area contributed by atoms with Gasteiger partial charge in [-0.25, -0.2) is 8.78 Å². The Hall–Kier alpha value is -7.01. The lowest BCUT2D eigenvalue weighted by atomic mass is 9.74. The highest BCUT2D eigenvalue weighted by atomic mass is 19.4. The van der Waals surface area contributed by atoms with Crippen LogP contribution in [0.1, 0.15) is 195 Å². The van der Waals surface area contributed by atoms with Crippen molar-refractivity contribution in [2.75, 3.05) is 82.1 Å². The number of carbonyl (C=O) groups excluding carboxylic acids is 12. The van der Waals surface area contributed by atoms with Crippen molar-refractivity contribution >= 4 is 70.9 Å². The second-order valence-corrected chi connectivity index (χ2v) is 32.5. The number of nitrogens with one attached hydrogen (secondary N) is 3. The molecule has 12 amide bonds. The molecule has 2 unspecified atom stereocenters. The molecule has 0 aromatic heterocycles. The molecule has 30 heteroatoms. The van der Waals surface area contributed by atoms with E-state index in [1.807, 2.05) is 26.8 Å². The maximum absolute atomic E-state index is 15.5. The molecule has 0 aromatic rings. The second-order valence-electron chi connectivity index (χ2n) is 32.5. The van der Waals surface area contributed by atoms with E-state index in [1.165, 1.54) is 83.6 Å². The van der Waals surface area contributed by atoms with E-state index in [1.54, 1.807) is 13.0 Å². The fourth-order valence-electron chi connectivity index (χ4n) is 17.4. The SMILES string of the molecule is CCC[C@H]1C(=O)N[C@@H](CC(C)C)C(=O)N(C2CC2)CC(=O)N(C)[C@H]2C/C=C\CCN(C2=O)[C@@H](CC2CCC(C)CC2)C(=O)N(C)CC(=O)N[C@@H](CCC2CC(F)C(C(F)(F)F)C(F)C2)C(=O)N2C[C@H](OCC)C[C@H]2C(=O)NC2(CCC2)C(=O)N(C)[C@@H](C2CCCC2)C(=O)N(C)[C@H](C(=O)N(C)C)CC(=O)N1C. The summed E-state index contributed by atoms with van der Waals surface area (Å²) < 4.78 is 79.0. The maximum atomic E-state index is 15.5. The Balaban J connectivity index is 1.20. The third-order valence-electron chi connectivity index (χ3n) is 24.0. The molecule has 596 valence electrons. The lowest BCUT2D eigenvalue weighted by molar-refractivity contribution is -0.219. The molecule has 7 fully saturated rings. The van der Waals surface area contributed by atoms with Gasteiger partial charge in [0.1, 0.15) is 78.7 Å². The third-order valence-corrected chi connectivity index (χ3v) is 24.0. The predicted octanol–water partition coefficient (Wildman–Crippen LogP) is 6.10. The van der Waals surface area contributed by atoms with Gasteiger partial charge in [0.05, 0.1) is 19.1 Å². The minimum Gasteiger partial charge on any atom is -0.377 e. The van der Waals surface area contributed by atoms with Crippen LogP contribution in [0.25, 0.3) is 0 Å². The molecule has 8 rings (SSSR count). The van der Waals surface area contributed by atoms with Crippen molar-refractivity contribution in [2.24, 2.45) is 35.5 Å². The first-order valence-electron chi connectivity index (χ1n) is 39.0. The molecule has 3 N–H and O–H groups in total. The molecule has 5 saturated carbocycles. The fourth-order valence-corrected chi connectivity index (χ4v) is 17.4. The van der Waals surface area contributed by atoms with Crippen molar-refractivity contribution in [3.63, 3.8) is 0 Å². The van der Waals surface area contributed by atoms with Crippen LogP contribution in [0.2, 0.25) is 0 Å². The number of halogens is 5. The van der Waals surface area contributed by atoms with E-state index in [2.05, 4.69) is 22.9 Å². The lowest BCUT2D eigenvalue weighted by Crippen LogP contribution is -2.68. The molecule has 5 aliphatic carbocycles. The van der Waals surface area contributed by atoms with Crippen molar-refractivity contribution < 1.29 is 84.2 Å². The summed E-state index contributed by atoms with van der Waals surface area (Å²) in [7, 11) is 10.0. The molecular weight excluding hydrogens is 1380 g/mol. The average Bonchev–Trinajstić information content (AvgIpc) is 1.60. The molecular formula is C76H119F5N12O13. The van der Waals surface area contributed by atoms with E-state index in [9.17, 15) is 37.1 Å². The van der Waals surface area contributed by atoms with Gasteiger partial charge in [0.15, 0.2) is 0 Å². The van der Waals surface area contributed by atoms with Gasteiger partial charge in [-0.1, -0.05) is 84.8 Å². The quantitative estimate of drug-likeness (QED) is 0.131. The van der Waals surface area contributed by atoms with Crippen LogP contribution in [-0.2, 0) is 62.3 Å². The number of hydrogen-bond donors (Lipinski definition) is 3. The van der Waals surface area contributed by atoms with Gasteiger partial charge in [0, 0.05) is 81.5 Å². The van der Waals surface area contributed by atoms with Gasteiger partial charge < -0.3 is 64.8 Å². The number of likely N-dealkylation sites (N-methyl/N-ethyl adjacent to an activating group) is 6. The average molecular weight is 1500 g/mol. The Bertz CT molecular complexity index is 3160. The summed E-state index contributed by atoms with van der Waals surface area (Å²) in [5.74, 6) is -12.4. The number of amides is 12. The summed E-state index contributed by atoms with van der Waals surface area (Å²) in [6, 6.07) is -10.9. The third kappa shape index (κ3) is 20.5. The van der Waals surface area contributed by atoms with Crippen molar-refractivity contribution in [2.45, 2.75) is 280 Å². The van der Waals surface area contributed by atoms with Crippen molar-refractivity contribution in [3.05, 3.63) is 12.2 Å². The normalized spacial score (nSPS) is 32.6.